The molecule has 3 aromatic rings. The van der Waals surface area contributed by atoms with Gasteiger partial charge in [0.25, 0.3) is 5.91 Å². The summed E-state index contributed by atoms with van der Waals surface area (Å²) < 4.78 is 13.2. The number of benzene rings is 2. The molecule has 24 heavy (non-hydrogen) atoms. The van der Waals surface area contributed by atoms with Crippen LogP contribution >= 0.6 is 0 Å². The summed E-state index contributed by atoms with van der Waals surface area (Å²) in [6.07, 6.45) is 1.56. The first-order valence-corrected chi connectivity index (χ1v) is 7.51. The van der Waals surface area contributed by atoms with Crippen molar-refractivity contribution in [2.24, 2.45) is 0 Å². The molecule has 4 nitrogen and oxygen atoms in total. The molecule has 0 aliphatic carbocycles. The summed E-state index contributed by atoms with van der Waals surface area (Å²) in [6, 6.07) is 19.1. The normalized spacial score (nSPS) is 10.2. The van der Waals surface area contributed by atoms with Gasteiger partial charge in [-0.2, -0.15) is 0 Å². The van der Waals surface area contributed by atoms with Gasteiger partial charge in [0, 0.05) is 24.1 Å². The lowest BCUT2D eigenvalue weighted by Crippen LogP contribution is -2.14. The van der Waals surface area contributed by atoms with Crippen molar-refractivity contribution >= 4 is 17.3 Å². The molecular weight excluding hydrogens is 305 g/mol. The van der Waals surface area contributed by atoms with Crippen molar-refractivity contribution in [3.05, 3.63) is 90.0 Å². The van der Waals surface area contributed by atoms with Crippen molar-refractivity contribution in [3.63, 3.8) is 0 Å². The molecule has 0 unspecified atom stereocenters. The molecule has 0 radical (unpaired) electrons. The van der Waals surface area contributed by atoms with Gasteiger partial charge in [0.05, 0.1) is 0 Å². The SMILES string of the molecule is O=C(Nc1cccc(F)c1)c1cc(NCc2ccccc2)ccn1. The lowest BCUT2D eigenvalue weighted by molar-refractivity contribution is 0.102. The molecule has 0 atom stereocenters. The van der Waals surface area contributed by atoms with Gasteiger partial charge in [-0.05, 0) is 35.9 Å². The highest BCUT2D eigenvalue weighted by Gasteiger charge is 2.09. The van der Waals surface area contributed by atoms with Crippen LogP contribution in [0.2, 0.25) is 0 Å². The van der Waals surface area contributed by atoms with Gasteiger partial charge in [-0.3, -0.25) is 9.78 Å². The Balaban J connectivity index is 1.67. The highest BCUT2D eigenvalue weighted by atomic mass is 19.1. The number of carbonyl (C=O) groups excluding carboxylic acids is 1. The maximum atomic E-state index is 13.2. The zero-order valence-corrected chi connectivity index (χ0v) is 12.9. The molecule has 1 heterocycles. The molecule has 5 heteroatoms. The maximum Gasteiger partial charge on any atom is 0.274 e. The van der Waals surface area contributed by atoms with Crippen LogP contribution in [0.15, 0.2) is 72.9 Å². The molecule has 0 bridgehead atoms. The van der Waals surface area contributed by atoms with Crippen LogP contribution in [0.5, 0.6) is 0 Å². The molecule has 1 amide bonds. The summed E-state index contributed by atoms with van der Waals surface area (Å²) >= 11 is 0. The Kier molecular flexibility index (Phi) is 4.81. The van der Waals surface area contributed by atoms with Crippen molar-refractivity contribution in [2.75, 3.05) is 10.6 Å². The molecule has 0 saturated heterocycles. The molecule has 120 valence electrons. The minimum atomic E-state index is -0.404. The lowest BCUT2D eigenvalue weighted by Gasteiger charge is -2.09. The van der Waals surface area contributed by atoms with Crippen molar-refractivity contribution in [2.45, 2.75) is 6.54 Å². The molecule has 3 rings (SSSR count). The molecule has 0 saturated carbocycles. The second-order valence-electron chi connectivity index (χ2n) is 5.23. The predicted octanol–water partition coefficient (Wildman–Crippen LogP) is 4.09. The Morgan fingerprint density at radius 1 is 0.958 bits per heavy atom. The topological polar surface area (TPSA) is 54.0 Å². The number of pyridine rings is 1. The second kappa shape index (κ2) is 7.37. The van der Waals surface area contributed by atoms with E-state index in [4.69, 9.17) is 0 Å². The van der Waals surface area contributed by atoms with Crippen molar-refractivity contribution in [1.82, 2.24) is 4.98 Å². The van der Waals surface area contributed by atoms with E-state index in [1.165, 1.54) is 18.2 Å². The molecule has 2 aromatic carbocycles. The monoisotopic (exact) mass is 321 g/mol. The van der Waals surface area contributed by atoms with Gasteiger partial charge in [0.15, 0.2) is 0 Å². The van der Waals surface area contributed by atoms with Crippen molar-refractivity contribution < 1.29 is 9.18 Å². The van der Waals surface area contributed by atoms with E-state index in [-0.39, 0.29) is 11.6 Å². The van der Waals surface area contributed by atoms with Crippen LogP contribution in [0.1, 0.15) is 16.1 Å². The molecule has 0 aliphatic rings. The van der Waals surface area contributed by atoms with Gasteiger partial charge in [-0.25, -0.2) is 4.39 Å². The third kappa shape index (κ3) is 4.16. The zero-order valence-electron chi connectivity index (χ0n) is 12.9. The average Bonchev–Trinajstić information content (AvgIpc) is 2.61. The number of carbonyl (C=O) groups is 1. The lowest BCUT2D eigenvalue weighted by atomic mass is 10.2. The Morgan fingerprint density at radius 2 is 1.79 bits per heavy atom. The fourth-order valence-electron chi connectivity index (χ4n) is 2.23. The molecular formula is C19H16FN3O. The number of hydrogen-bond acceptors (Lipinski definition) is 3. The number of anilines is 2. The summed E-state index contributed by atoms with van der Waals surface area (Å²) in [5, 5.41) is 5.88. The maximum absolute atomic E-state index is 13.2. The Hall–Kier alpha value is -3.21. The first-order valence-electron chi connectivity index (χ1n) is 7.51. The van der Waals surface area contributed by atoms with Crippen LogP contribution in [-0.2, 0) is 6.54 Å². The van der Waals surface area contributed by atoms with E-state index >= 15 is 0 Å². The fourth-order valence-corrected chi connectivity index (χ4v) is 2.23. The van der Waals surface area contributed by atoms with E-state index in [2.05, 4.69) is 15.6 Å². The minimum Gasteiger partial charge on any atom is -0.381 e. The Labute approximate surface area is 139 Å². The number of nitrogens with zero attached hydrogens (tertiary/aromatic N) is 1. The summed E-state index contributed by atoms with van der Waals surface area (Å²) in [4.78, 5) is 16.3. The van der Waals surface area contributed by atoms with Crippen LogP contribution in [0.4, 0.5) is 15.8 Å². The van der Waals surface area contributed by atoms with Gasteiger partial charge in [-0.15, -0.1) is 0 Å². The van der Waals surface area contributed by atoms with Crippen LogP contribution in [-0.4, -0.2) is 10.9 Å². The van der Waals surface area contributed by atoms with Crippen LogP contribution < -0.4 is 10.6 Å². The van der Waals surface area contributed by atoms with Gasteiger partial charge >= 0.3 is 0 Å². The third-order valence-electron chi connectivity index (χ3n) is 3.41. The smallest absolute Gasteiger partial charge is 0.274 e. The molecule has 0 fully saturated rings. The third-order valence-corrected chi connectivity index (χ3v) is 3.41. The largest absolute Gasteiger partial charge is 0.381 e. The van der Waals surface area contributed by atoms with E-state index in [0.29, 0.717) is 12.2 Å². The molecule has 0 aliphatic heterocycles. The van der Waals surface area contributed by atoms with Crippen LogP contribution in [0, 0.1) is 5.82 Å². The van der Waals surface area contributed by atoms with Gasteiger partial charge in [-0.1, -0.05) is 36.4 Å². The van der Waals surface area contributed by atoms with E-state index in [1.807, 2.05) is 30.3 Å². The molecule has 0 spiro atoms. The molecule has 1 aromatic heterocycles. The summed E-state index contributed by atoms with van der Waals surface area (Å²) in [7, 11) is 0. The Bertz CT molecular complexity index is 837. The molecule has 2 N–H and O–H groups in total. The minimum absolute atomic E-state index is 0.261. The van der Waals surface area contributed by atoms with Crippen molar-refractivity contribution in [3.8, 4) is 0 Å². The number of nitrogens with one attached hydrogen (secondary N) is 2. The highest BCUT2D eigenvalue weighted by molar-refractivity contribution is 6.03. The van der Waals surface area contributed by atoms with E-state index in [1.54, 1.807) is 24.4 Å². The van der Waals surface area contributed by atoms with Crippen molar-refractivity contribution in [1.29, 1.82) is 0 Å². The van der Waals surface area contributed by atoms with Gasteiger partial charge in [0.1, 0.15) is 11.5 Å². The fraction of sp³-hybridized carbons (Fsp3) is 0.0526. The zero-order chi connectivity index (χ0) is 16.8. The number of amides is 1. The number of halogens is 1. The van der Waals surface area contributed by atoms with E-state index in [0.717, 1.165) is 11.3 Å². The van der Waals surface area contributed by atoms with E-state index < -0.39 is 5.82 Å². The van der Waals surface area contributed by atoms with Crippen LogP contribution in [0.25, 0.3) is 0 Å². The quantitative estimate of drug-likeness (QED) is 0.744. The first-order chi connectivity index (χ1) is 11.7. The summed E-state index contributed by atoms with van der Waals surface area (Å²) in [5.74, 6) is -0.789. The highest BCUT2D eigenvalue weighted by Crippen LogP contribution is 2.13. The number of aromatic nitrogens is 1. The summed E-state index contributed by atoms with van der Waals surface area (Å²) in [5.41, 5.74) is 2.58. The predicted molar refractivity (Wildman–Crippen MR) is 92.4 cm³/mol. The first kappa shape index (κ1) is 15.7. The Morgan fingerprint density at radius 3 is 2.58 bits per heavy atom. The standard InChI is InChI=1S/C19H16FN3O/c20-15-7-4-8-17(11-15)23-19(24)18-12-16(9-10-21-18)22-13-14-5-2-1-3-6-14/h1-12H,13H2,(H,21,22)(H,23,24). The summed E-state index contributed by atoms with van der Waals surface area (Å²) in [6.45, 7) is 0.649. The number of hydrogen-bond donors (Lipinski definition) is 2. The van der Waals surface area contributed by atoms with Gasteiger partial charge in [0.2, 0.25) is 0 Å². The van der Waals surface area contributed by atoms with Gasteiger partial charge < -0.3 is 10.6 Å². The van der Waals surface area contributed by atoms with E-state index in [9.17, 15) is 9.18 Å². The van der Waals surface area contributed by atoms with Crippen LogP contribution in [0.3, 0.4) is 0 Å². The second-order valence-corrected chi connectivity index (χ2v) is 5.23. The average molecular weight is 321 g/mol. The number of rotatable bonds is 5.